The SMILES string of the molecule is C1=CC2C(C3=c4ccccc4=C(c4c5ccccc5c(C5=CC6C=CC(c7ccccc7)=CC6C=C5)c5ccccc45)C4C=CC=CC34)=c3ccccc3=C(c3ccc(-c4ccccc4)cc3)C2C=C1. The van der Waals surface area contributed by atoms with E-state index < -0.39 is 0 Å². The highest BCUT2D eigenvalue weighted by atomic mass is 14.4. The van der Waals surface area contributed by atoms with Crippen LogP contribution in [0.4, 0.5) is 0 Å². The number of allylic oxidation sites excluding steroid dienone is 16. The molecule has 0 saturated carbocycles. The van der Waals surface area contributed by atoms with Gasteiger partial charge in [0, 0.05) is 35.5 Å². The summed E-state index contributed by atoms with van der Waals surface area (Å²) in [6.07, 6.45) is 33.6. The van der Waals surface area contributed by atoms with Gasteiger partial charge < -0.3 is 0 Å². The van der Waals surface area contributed by atoms with Gasteiger partial charge in [-0.1, -0.05) is 267 Å². The molecular formula is C70H50. The molecule has 8 aromatic rings. The van der Waals surface area contributed by atoms with Crippen molar-refractivity contribution in [2.24, 2.45) is 35.5 Å². The predicted octanol–water partition coefficient (Wildman–Crippen LogP) is 13.6. The molecule has 0 heteroatoms. The van der Waals surface area contributed by atoms with Crippen LogP contribution >= 0.6 is 0 Å². The second-order valence-electron chi connectivity index (χ2n) is 19.7. The van der Waals surface area contributed by atoms with Crippen molar-refractivity contribution in [1.29, 1.82) is 0 Å². The number of fused-ring (bicyclic) bond motifs is 7. The highest BCUT2D eigenvalue weighted by molar-refractivity contribution is 6.17. The zero-order chi connectivity index (χ0) is 46.1. The van der Waals surface area contributed by atoms with E-state index in [-0.39, 0.29) is 23.7 Å². The first-order valence-electron chi connectivity index (χ1n) is 25.1. The fourth-order valence-corrected chi connectivity index (χ4v) is 13.0. The van der Waals surface area contributed by atoms with Gasteiger partial charge in [-0.15, -0.1) is 0 Å². The van der Waals surface area contributed by atoms with Gasteiger partial charge in [0.25, 0.3) is 0 Å². The molecule has 0 radical (unpaired) electrons. The topological polar surface area (TPSA) is 0 Å². The van der Waals surface area contributed by atoms with Crippen molar-refractivity contribution < 1.29 is 0 Å². The highest BCUT2D eigenvalue weighted by Crippen LogP contribution is 2.50. The lowest BCUT2D eigenvalue weighted by Crippen LogP contribution is -2.46. The molecule has 6 unspecified atom stereocenters. The molecular weight excluding hydrogens is 841 g/mol. The maximum atomic E-state index is 2.52. The Morgan fingerprint density at radius 1 is 0.243 bits per heavy atom. The number of hydrogen-bond donors (Lipinski definition) is 0. The van der Waals surface area contributed by atoms with E-state index in [1.54, 1.807) is 0 Å². The number of hydrogen-bond acceptors (Lipinski definition) is 0. The lowest BCUT2D eigenvalue weighted by atomic mass is 9.63. The fourth-order valence-electron chi connectivity index (χ4n) is 13.0. The van der Waals surface area contributed by atoms with Crippen LogP contribution in [0.3, 0.4) is 0 Å². The van der Waals surface area contributed by atoms with Gasteiger partial charge in [0.2, 0.25) is 0 Å². The summed E-state index contributed by atoms with van der Waals surface area (Å²) in [5, 5.41) is 10.6. The van der Waals surface area contributed by atoms with Crippen LogP contribution in [-0.4, -0.2) is 0 Å². The van der Waals surface area contributed by atoms with Crippen molar-refractivity contribution in [1.82, 2.24) is 0 Å². The summed E-state index contributed by atoms with van der Waals surface area (Å²) in [6.45, 7) is 0. The second-order valence-corrected chi connectivity index (χ2v) is 19.7. The van der Waals surface area contributed by atoms with Crippen molar-refractivity contribution >= 4 is 55.0 Å². The number of rotatable bonds is 6. The number of benzene rings is 8. The average molecular weight is 891 g/mol. The third kappa shape index (κ3) is 6.51. The lowest BCUT2D eigenvalue weighted by molar-refractivity contribution is 0.655. The Balaban J connectivity index is 1.00. The molecule has 0 aliphatic heterocycles. The van der Waals surface area contributed by atoms with Crippen molar-refractivity contribution in [3.63, 3.8) is 0 Å². The standard InChI is InChI=1S/C70H50/c1-3-19-45(20-4-1)47-35-37-48(38-36-47)65-53-23-7-11-27-57(53)67(58-28-12-8-24-54(58)65)69-61-31-15-17-33-63(61)70(64-34-18-16-32-62(64)69)68-59-29-13-9-25-55(59)66(56-26-10-14-30-60(56)68)52-42-41-50-43-49(39-40-51(50)44-52)46-21-5-2-6-22-46/h1-44,50-51,53,57,61,63H. The molecule has 0 nitrogen and oxygen atoms in total. The van der Waals surface area contributed by atoms with Gasteiger partial charge in [-0.2, -0.15) is 0 Å². The van der Waals surface area contributed by atoms with E-state index >= 15 is 0 Å². The van der Waals surface area contributed by atoms with Crippen LogP contribution < -0.4 is 20.9 Å². The molecule has 14 rings (SSSR count). The summed E-state index contributed by atoms with van der Waals surface area (Å²) in [5.74, 6) is 1.23. The van der Waals surface area contributed by atoms with E-state index in [0.717, 1.165) is 0 Å². The van der Waals surface area contributed by atoms with Crippen LogP contribution in [0.1, 0.15) is 22.3 Å². The molecule has 8 aromatic carbocycles. The predicted molar refractivity (Wildman–Crippen MR) is 295 cm³/mol. The van der Waals surface area contributed by atoms with Crippen LogP contribution in [-0.2, 0) is 0 Å². The monoisotopic (exact) mass is 890 g/mol. The molecule has 0 bridgehead atoms. The van der Waals surface area contributed by atoms with E-state index in [0.29, 0.717) is 11.8 Å². The van der Waals surface area contributed by atoms with Gasteiger partial charge in [-0.25, -0.2) is 0 Å². The summed E-state index contributed by atoms with van der Waals surface area (Å²) in [7, 11) is 0. The molecule has 0 heterocycles. The Hall–Kier alpha value is -8.32. The summed E-state index contributed by atoms with van der Waals surface area (Å²) >= 11 is 0. The third-order valence-electron chi connectivity index (χ3n) is 16.0. The van der Waals surface area contributed by atoms with Crippen LogP contribution in [0, 0.1) is 35.5 Å². The van der Waals surface area contributed by atoms with Crippen molar-refractivity contribution in [3.8, 4) is 11.1 Å². The van der Waals surface area contributed by atoms with Gasteiger partial charge in [-0.3, -0.25) is 0 Å². The van der Waals surface area contributed by atoms with Gasteiger partial charge in [-0.05, 0) is 109 Å². The van der Waals surface area contributed by atoms with Crippen molar-refractivity contribution in [2.75, 3.05) is 0 Å². The van der Waals surface area contributed by atoms with Gasteiger partial charge in [0.15, 0.2) is 0 Å². The lowest BCUT2D eigenvalue weighted by Gasteiger charge is -2.40. The minimum absolute atomic E-state index is 0.122. The minimum atomic E-state index is 0.122. The molecule has 0 spiro atoms. The second kappa shape index (κ2) is 16.7. The largest absolute Gasteiger partial charge is 0.0761 e. The maximum Gasteiger partial charge on any atom is 0.0138 e. The summed E-state index contributed by atoms with van der Waals surface area (Å²) in [6, 6.07) is 67.9. The maximum absolute atomic E-state index is 2.52. The molecule has 0 N–H and O–H groups in total. The van der Waals surface area contributed by atoms with E-state index in [9.17, 15) is 0 Å². The van der Waals surface area contributed by atoms with E-state index in [2.05, 4.69) is 267 Å². The molecule has 0 aromatic heterocycles. The summed E-state index contributed by atoms with van der Waals surface area (Å²) < 4.78 is 0. The van der Waals surface area contributed by atoms with Crippen LogP contribution in [0.5, 0.6) is 0 Å². The van der Waals surface area contributed by atoms with Gasteiger partial charge >= 0.3 is 0 Å². The molecule has 70 heavy (non-hydrogen) atoms. The Kier molecular flexibility index (Phi) is 9.73. The van der Waals surface area contributed by atoms with Crippen LogP contribution in [0.25, 0.3) is 66.1 Å². The van der Waals surface area contributed by atoms with Crippen molar-refractivity contribution in [2.45, 2.75) is 0 Å². The minimum Gasteiger partial charge on any atom is -0.0761 e. The third-order valence-corrected chi connectivity index (χ3v) is 16.0. The smallest absolute Gasteiger partial charge is 0.0138 e. The molecule has 6 aliphatic carbocycles. The van der Waals surface area contributed by atoms with Crippen LogP contribution in [0.15, 0.2) is 267 Å². The zero-order valence-electron chi connectivity index (χ0n) is 38.9. The Morgan fingerprint density at radius 2 is 0.600 bits per heavy atom. The fraction of sp³-hybridized carbons (Fsp3) is 0.0857. The van der Waals surface area contributed by atoms with Gasteiger partial charge in [0.1, 0.15) is 0 Å². The zero-order valence-corrected chi connectivity index (χ0v) is 38.9. The normalized spacial score (nSPS) is 22.6. The Bertz CT molecular complexity index is 3940. The first-order chi connectivity index (χ1) is 34.8. The summed E-state index contributed by atoms with van der Waals surface area (Å²) in [4.78, 5) is 0. The van der Waals surface area contributed by atoms with Gasteiger partial charge in [0.05, 0.1) is 0 Å². The Morgan fingerprint density at radius 3 is 1.13 bits per heavy atom. The first kappa shape index (κ1) is 40.7. The van der Waals surface area contributed by atoms with E-state index in [1.807, 2.05) is 0 Å². The molecule has 0 amide bonds. The molecule has 0 fully saturated rings. The average Bonchev–Trinajstić information content (AvgIpc) is 3.44. The molecule has 0 saturated heterocycles. The van der Waals surface area contributed by atoms with Crippen molar-refractivity contribution in [3.05, 3.63) is 310 Å². The quantitative estimate of drug-likeness (QED) is 0.146. The highest BCUT2D eigenvalue weighted by Gasteiger charge is 2.40. The van der Waals surface area contributed by atoms with E-state index in [1.165, 1.54) is 109 Å². The summed E-state index contributed by atoms with van der Waals surface area (Å²) in [5.41, 5.74) is 16.0. The first-order valence-corrected chi connectivity index (χ1v) is 25.1. The van der Waals surface area contributed by atoms with Crippen LogP contribution in [0.2, 0.25) is 0 Å². The van der Waals surface area contributed by atoms with E-state index in [4.69, 9.17) is 0 Å². The Labute approximate surface area is 409 Å². The molecule has 6 aliphatic rings. The molecule has 330 valence electrons. The molecule has 6 atom stereocenters.